The highest BCUT2D eigenvalue weighted by molar-refractivity contribution is 7.89. The molecule has 3 aromatic rings. The quantitative estimate of drug-likeness (QED) is 0.627. The lowest BCUT2D eigenvalue weighted by molar-refractivity contribution is -0.120. The number of hydrogen-bond acceptors (Lipinski definition) is 4. The summed E-state index contributed by atoms with van der Waals surface area (Å²) in [5, 5.41) is 2.76. The van der Waals surface area contributed by atoms with Crippen LogP contribution in [0.15, 0.2) is 71.8 Å². The van der Waals surface area contributed by atoms with Crippen molar-refractivity contribution in [3.63, 3.8) is 0 Å². The SMILES string of the molecule is O=C(Nc1ccc(-c2ccccc2)cn1)C1CCN(S(=O)(=O)c2cc(F)ccc2F)CC1. The molecule has 0 atom stereocenters. The molecular weight excluding hydrogens is 436 g/mol. The zero-order valence-electron chi connectivity index (χ0n) is 17.0. The van der Waals surface area contributed by atoms with Crippen molar-refractivity contribution in [1.29, 1.82) is 0 Å². The first-order valence-corrected chi connectivity index (χ1v) is 11.6. The minimum Gasteiger partial charge on any atom is -0.310 e. The molecule has 9 heteroatoms. The summed E-state index contributed by atoms with van der Waals surface area (Å²) in [6.07, 6.45) is 2.21. The van der Waals surface area contributed by atoms with Gasteiger partial charge < -0.3 is 5.32 Å². The molecule has 1 aliphatic rings. The summed E-state index contributed by atoms with van der Waals surface area (Å²) in [6, 6.07) is 15.6. The number of halogens is 2. The maximum atomic E-state index is 14.0. The van der Waals surface area contributed by atoms with Crippen LogP contribution in [0, 0.1) is 17.6 Å². The number of amides is 1. The number of rotatable bonds is 5. The molecule has 32 heavy (non-hydrogen) atoms. The number of nitrogens with one attached hydrogen (secondary N) is 1. The Morgan fingerprint density at radius 3 is 2.34 bits per heavy atom. The summed E-state index contributed by atoms with van der Waals surface area (Å²) in [7, 11) is -4.18. The van der Waals surface area contributed by atoms with Crippen LogP contribution in [0.3, 0.4) is 0 Å². The van der Waals surface area contributed by atoms with Gasteiger partial charge in [-0.1, -0.05) is 30.3 Å². The predicted octanol–water partition coefficient (Wildman–Crippen LogP) is 4.07. The highest BCUT2D eigenvalue weighted by atomic mass is 32.2. The standard InChI is InChI=1S/C23H21F2N3O3S/c24-19-7-8-20(25)21(14-19)32(30,31)28-12-10-17(11-13-28)23(29)27-22-9-6-18(15-26-22)16-4-2-1-3-5-16/h1-9,14-15,17H,10-13H2,(H,26,27,29). The minimum atomic E-state index is -4.18. The van der Waals surface area contributed by atoms with Crippen molar-refractivity contribution < 1.29 is 22.0 Å². The Bertz CT molecular complexity index is 1210. The van der Waals surface area contributed by atoms with Gasteiger partial charge in [-0.15, -0.1) is 0 Å². The van der Waals surface area contributed by atoms with Gasteiger partial charge in [-0.25, -0.2) is 22.2 Å². The molecule has 0 radical (unpaired) electrons. The van der Waals surface area contributed by atoms with E-state index in [1.54, 1.807) is 12.3 Å². The van der Waals surface area contributed by atoms with Gasteiger partial charge in [0.25, 0.3) is 0 Å². The first-order valence-electron chi connectivity index (χ1n) is 10.1. The van der Waals surface area contributed by atoms with E-state index < -0.39 is 32.5 Å². The summed E-state index contributed by atoms with van der Waals surface area (Å²) in [5.41, 5.74) is 1.94. The minimum absolute atomic E-state index is 0.0384. The third kappa shape index (κ3) is 4.68. The van der Waals surface area contributed by atoms with E-state index in [4.69, 9.17) is 0 Å². The Labute approximate surface area is 185 Å². The fourth-order valence-corrected chi connectivity index (χ4v) is 5.22. The predicted molar refractivity (Wildman–Crippen MR) is 116 cm³/mol. The van der Waals surface area contributed by atoms with Crippen molar-refractivity contribution in [2.75, 3.05) is 18.4 Å². The topological polar surface area (TPSA) is 79.4 Å². The van der Waals surface area contributed by atoms with Crippen molar-refractivity contribution in [3.05, 3.63) is 78.5 Å². The third-order valence-corrected chi connectivity index (χ3v) is 7.37. The maximum Gasteiger partial charge on any atom is 0.246 e. The monoisotopic (exact) mass is 457 g/mol. The van der Waals surface area contributed by atoms with Gasteiger partial charge in [0, 0.05) is 30.8 Å². The van der Waals surface area contributed by atoms with Crippen LogP contribution in [0.25, 0.3) is 11.1 Å². The van der Waals surface area contributed by atoms with E-state index in [9.17, 15) is 22.0 Å². The van der Waals surface area contributed by atoms with E-state index in [1.807, 2.05) is 36.4 Å². The van der Waals surface area contributed by atoms with Crippen LogP contribution in [-0.4, -0.2) is 36.7 Å². The zero-order chi connectivity index (χ0) is 22.7. The lowest BCUT2D eigenvalue weighted by atomic mass is 9.97. The Morgan fingerprint density at radius 1 is 0.969 bits per heavy atom. The van der Waals surface area contributed by atoms with Crippen molar-refractivity contribution in [1.82, 2.24) is 9.29 Å². The highest BCUT2D eigenvalue weighted by Gasteiger charge is 2.33. The van der Waals surface area contributed by atoms with E-state index in [0.29, 0.717) is 11.9 Å². The number of pyridine rings is 1. The molecule has 1 aliphatic heterocycles. The van der Waals surface area contributed by atoms with Gasteiger partial charge in [-0.3, -0.25) is 4.79 Å². The third-order valence-electron chi connectivity index (χ3n) is 5.46. The lowest BCUT2D eigenvalue weighted by Crippen LogP contribution is -2.41. The van der Waals surface area contributed by atoms with Crippen molar-refractivity contribution in [3.8, 4) is 11.1 Å². The van der Waals surface area contributed by atoms with E-state index in [1.165, 1.54) is 0 Å². The van der Waals surface area contributed by atoms with Gasteiger partial charge in [0.1, 0.15) is 22.3 Å². The van der Waals surface area contributed by atoms with E-state index in [0.717, 1.165) is 27.6 Å². The molecule has 1 fully saturated rings. The average Bonchev–Trinajstić information content (AvgIpc) is 2.81. The Morgan fingerprint density at radius 2 is 1.69 bits per heavy atom. The van der Waals surface area contributed by atoms with Gasteiger partial charge in [0.05, 0.1) is 0 Å². The molecule has 2 heterocycles. The molecule has 0 aliphatic carbocycles. The number of hydrogen-bond donors (Lipinski definition) is 1. The van der Waals surface area contributed by atoms with Gasteiger partial charge in [0.15, 0.2) is 0 Å². The number of aromatic nitrogens is 1. The second-order valence-corrected chi connectivity index (χ2v) is 9.45. The molecule has 0 spiro atoms. The summed E-state index contributed by atoms with van der Waals surface area (Å²) in [6.45, 7) is 0.0769. The zero-order valence-corrected chi connectivity index (χ0v) is 17.9. The Kier molecular flexibility index (Phi) is 6.29. The van der Waals surface area contributed by atoms with Gasteiger partial charge in [-0.05, 0) is 48.7 Å². The molecule has 4 rings (SSSR count). The fraction of sp³-hybridized carbons (Fsp3) is 0.217. The maximum absolute atomic E-state index is 14.0. The number of anilines is 1. The summed E-state index contributed by atoms with van der Waals surface area (Å²) in [5.74, 6) is -2.08. The van der Waals surface area contributed by atoms with Gasteiger partial charge in [0.2, 0.25) is 15.9 Å². The number of piperidine rings is 1. The lowest BCUT2D eigenvalue weighted by Gasteiger charge is -2.30. The van der Waals surface area contributed by atoms with Crippen molar-refractivity contribution in [2.45, 2.75) is 17.7 Å². The summed E-state index contributed by atoms with van der Waals surface area (Å²) in [4.78, 5) is 16.2. The molecule has 0 unspecified atom stereocenters. The van der Waals surface area contributed by atoms with Crippen LogP contribution in [0.2, 0.25) is 0 Å². The molecule has 1 saturated heterocycles. The van der Waals surface area contributed by atoms with Crippen LogP contribution in [0.5, 0.6) is 0 Å². The van der Waals surface area contributed by atoms with E-state index >= 15 is 0 Å². The number of carbonyl (C=O) groups excluding carboxylic acids is 1. The summed E-state index contributed by atoms with van der Waals surface area (Å²) < 4.78 is 53.8. The smallest absolute Gasteiger partial charge is 0.246 e. The van der Waals surface area contributed by atoms with Crippen LogP contribution < -0.4 is 5.32 Å². The molecule has 2 aromatic carbocycles. The van der Waals surface area contributed by atoms with Crippen molar-refractivity contribution >= 4 is 21.7 Å². The molecule has 0 bridgehead atoms. The molecule has 1 amide bonds. The number of sulfonamides is 1. The van der Waals surface area contributed by atoms with E-state index in [2.05, 4.69) is 10.3 Å². The van der Waals surface area contributed by atoms with Gasteiger partial charge >= 0.3 is 0 Å². The van der Waals surface area contributed by atoms with Crippen molar-refractivity contribution in [2.24, 2.45) is 5.92 Å². The molecule has 0 saturated carbocycles. The van der Waals surface area contributed by atoms with Crippen LogP contribution in [-0.2, 0) is 14.8 Å². The Hall–Kier alpha value is -3.17. The molecule has 1 N–H and O–H groups in total. The van der Waals surface area contributed by atoms with E-state index in [-0.39, 0.29) is 31.8 Å². The number of nitrogens with zero attached hydrogens (tertiary/aromatic N) is 2. The highest BCUT2D eigenvalue weighted by Crippen LogP contribution is 2.27. The first kappa shape index (κ1) is 22.0. The largest absolute Gasteiger partial charge is 0.310 e. The second kappa shape index (κ2) is 9.13. The Balaban J connectivity index is 1.37. The second-order valence-electron chi connectivity index (χ2n) is 7.54. The summed E-state index contributed by atoms with van der Waals surface area (Å²) >= 11 is 0. The molecule has 6 nitrogen and oxygen atoms in total. The normalized spacial score (nSPS) is 15.4. The number of carbonyl (C=O) groups is 1. The molecule has 166 valence electrons. The average molecular weight is 458 g/mol. The van der Waals surface area contributed by atoms with Crippen LogP contribution in [0.1, 0.15) is 12.8 Å². The molecular formula is C23H21F2N3O3S. The number of benzene rings is 2. The molecule has 1 aromatic heterocycles. The van der Waals surface area contributed by atoms with Gasteiger partial charge in [-0.2, -0.15) is 4.31 Å². The first-order chi connectivity index (χ1) is 15.3. The van der Waals surface area contributed by atoms with Crippen LogP contribution >= 0.6 is 0 Å². The fourth-order valence-electron chi connectivity index (χ4n) is 3.67. The van der Waals surface area contributed by atoms with Crippen LogP contribution in [0.4, 0.5) is 14.6 Å².